The molecule has 14 heteroatoms. The molecule has 4 rings (SSSR count). The van der Waals surface area contributed by atoms with Crippen molar-refractivity contribution in [1.82, 2.24) is 9.97 Å². The fourth-order valence-electron chi connectivity index (χ4n) is 4.76. The SMILES string of the molecule is CCOC(=O)c1[nH]c2cc(Oc3ccc4c(C[N+](C)(C)C)c(C(=O)OCC)[nH]c4c3)ccc2c1C[N+](C)(C)C.COS(=O)(=O)[O-]. The normalized spacial score (nSPS) is 12.1. The van der Waals surface area contributed by atoms with Crippen LogP contribution in [0, 0.1) is 0 Å². The molecule has 0 amide bonds. The van der Waals surface area contributed by atoms with Crippen LogP contribution in [0.15, 0.2) is 36.4 Å². The Kier molecular flexibility index (Phi) is 11.1. The summed E-state index contributed by atoms with van der Waals surface area (Å²) in [6, 6.07) is 11.5. The van der Waals surface area contributed by atoms with Crippen molar-refractivity contribution in [2.24, 2.45) is 0 Å². The van der Waals surface area contributed by atoms with Gasteiger partial charge in [0.1, 0.15) is 36.0 Å². The first-order valence-electron chi connectivity index (χ1n) is 14.3. The lowest BCUT2D eigenvalue weighted by Gasteiger charge is -2.24. The Balaban J connectivity index is 0.000000838. The Morgan fingerprint density at radius 3 is 1.38 bits per heavy atom. The molecule has 0 unspecified atom stereocenters. The molecule has 0 bridgehead atoms. The lowest BCUT2D eigenvalue weighted by molar-refractivity contribution is -0.883. The second kappa shape index (κ2) is 14.0. The van der Waals surface area contributed by atoms with E-state index in [-0.39, 0.29) is 11.9 Å². The lowest BCUT2D eigenvalue weighted by Crippen LogP contribution is -2.34. The maximum Gasteiger partial charge on any atom is 0.355 e. The van der Waals surface area contributed by atoms with Gasteiger partial charge in [-0.2, -0.15) is 0 Å². The van der Waals surface area contributed by atoms with Gasteiger partial charge in [0.25, 0.3) is 0 Å². The van der Waals surface area contributed by atoms with Crippen LogP contribution in [0.2, 0.25) is 0 Å². The number of aromatic amines is 2. The number of hydrogen-bond acceptors (Lipinski definition) is 9. The van der Waals surface area contributed by atoms with Gasteiger partial charge in [-0.1, -0.05) is 0 Å². The molecule has 0 aliphatic heterocycles. The third-order valence-electron chi connectivity index (χ3n) is 6.42. The summed E-state index contributed by atoms with van der Waals surface area (Å²) in [5.41, 5.74) is 4.39. The number of carbonyl (C=O) groups is 2. The molecule has 246 valence electrons. The van der Waals surface area contributed by atoms with Gasteiger partial charge in [0.05, 0.1) is 73.6 Å². The van der Waals surface area contributed by atoms with Crippen molar-refractivity contribution in [3.8, 4) is 11.5 Å². The number of carbonyl (C=O) groups excluding carboxylic acids is 2. The number of aromatic nitrogens is 2. The Labute approximate surface area is 263 Å². The Hall–Kier alpha value is -3.95. The predicted octanol–water partition coefficient (Wildman–Crippen LogP) is 4.30. The number of nitrogens with one attached hydrogen (secondary N) is 2. The number of rotatable bonds is 11. The quantitative estimate of drug-likeness (QED) is 0.105. The second-order valence-corrected chi connectivity index (χ2v) is 13.5. The minimum atomic E-state index is -4.41. The Morgan fingerprint density at radius 1 is 0.733 bits per heavy atom. The van der Waals surface area contributed by atoms with Crippen molar-refractivity contribution in [2.75, 3.05) is 62.6 Å². The van der Waals surface area contributed by atoms with E-state index in [4.69, 9.17) is 14.2 Å². The zero-order valence-electron chi connectivity index (χ0n) is 27.3. The van der Waals surface area contributed by atoms with Crippen LogP contribution in [0.25, 0.3) is 21.8 Å². The van der Waals surface area contributed by atoms with Crippen LogP contribution >= 0.6 is 0 Å². The van der Waals surface area contributed by atoms with Crippen molar-refractivity contribution in [1.29, 1.82) is 0 Å². The molecule has 0 fully saturated rings. The number of ether oxygens (including phenoxy) is 3. The maximum atomic E-state index is 12.7. The number of esters is 2. The van der Waals surface area contributed by atoms with Crippen LogP contribution in [0.5, 0.6) is 11.5 Å². The highest BCUT2D eigenvalue weighted by atomic mass is 32.3. The molecule has 45 heavy (non-hydrogen) atoms. The highest BCUT2D eigenvalue weighted by Crippen LogP contribution is 2.33. The summed E-state index contributed by atoms with van der Waals surface area (Å²) in [6.07, 6.45) is 0. The summed E-state index contributed by atoms with van der Waals surface area (Å²) in [6.45, 7) is 5.54. The van der Waals surface area contributed by atoms with E-state index in [0.717, 1.165) is 40.0 Å². The fourth-order valence-corrected chi connectivity index (χ4v) is 4.76. The van der Waals surface area contributed by atoms with Crippen LogP contribution < -0.4 is 4.74 Å². The molecular formula is C31H43N4O9S+. The minimum absolute atomic E-state index is 0.307. The van der Waals surface area contributed by atoms with E-state index < -0.39 is 10.4 Å². The molecule has 2 heterocycles. The Morgan fingerprint density at radius 2 is 1.09 bits per heavy atom. The van der Waals surface area contributed by atoms with Crippen LogP contribution in [-0.4, -0.2) is 106 Å². The standard InChI is InChI=1S/C30H38N4O5.CH4O4S/c1-9-37-29(35)27-23(17-33(3,4)5)21-13-11-19(15-25(21)31-27)39-20-12-14-22-24(18-34(6,7)8)28(30(36)38-10-2)32-26(22)16-20;1-5-6(2,3)4/h11-16H,9-10,17-18H2,1-8H3;1H3,(H,2,3,4)/p+1. The summed E-state index contributed by atoms with van der Waals surface area (Å²) in [7, 11) is 8.90. The van der Waals surface area contributed by atoms with Gasteiger partial charge in [-0.05, 0) is 38.1 Å². The first-order chi connectivity index (χ1) is 20.9. The predicted molar refractivity (Wildman–Crippen MR) is 169 cm³/mol. The van der Waals surface area contributed by atoms with Gasteiger partial charge in [-0.15, -0.1) is 0 Å². The monoisotopic (exact) mass is 647 g/mol. The van der Waals surface area contributed by atoms with Gasteiger partial charge in [0.15, 0.2) is 0 Å². The smallest absolute Gasteiger partial charge is 0.355 e. The van der Waals surface area contributed by atoms with E-state index in [1.165, 1.54) is 0 Å². The van der Waals surface area contributed by atoms with E-state index in [9.17, 15) is 22.6 Å². The van der Waals surface area contributed by atoms with Crippen LogP contribution in [0.4, 0.5) is 0 Å². The fraction of sp³-hybridized carbons (Fsp3) is 0.419. The van der Waals surface area contributed by atoms with Gasteiger partial charge in [-0.25, -0.2) is 18.0 Å². The molecule has 2 aromatic carbocycles. The third-order valence-corrected chi connectivity index (χ3v) is 6.83. The zero-order valence-corrected chi connectivity index (χ0v) is 28.1. The van der Waals surface area contributed by atoms with Gasteiger partial charge >= 0.3 is 11.9 Å². The number of hydrogen-bond donors (Lipinski definition) is 2. The molecule has 0 saturated carbocycles. The molecular weight excluding hydrogens is 604 g/mol. The van der Waals surface area contributed by atoms with E-state index in [0.29, 0.717) is 58.2 Å². The van der Waals surface area contributed by atoms with Gasteiger partial charge < -0.3 is 37.7 Å². The highest BCUT2D eigenvalue weighted by molar-refractivity contribution is 7.80. The summed E-state index contributed by atoms with van der Waals surface area (Å²) in [5, 5.41) is 1.92. The van der Waals surface area contributed by atoms with E-state index in [1.807, 2.05) is 36.4 Å². The Bertz CT molecular complexity index is 1660. The van der Waals surface area contributed by atoms with Crippen molar-refractivity contribution >= 4 is 44.1 Å². The number of quaternary nitrogens is 2. The molecule has 13 nitrogen and oxygen atoms in total. The van der Waals surface area contributed by atoms with Gasteiger partial charge in [-0.3, -0.25) is 4.18 Å². The number of H-pyrrole nitrogens is 2. The number of nitrogens with zero attached hydrogens (tertiary/aromatic N) is 2. The van der Waals surface area contributed by atoms with Gasteiger partial charge in [0, 0.05) is 34.0 Å². The van der Waals surface area contributed by atoms with Crippen molar-refractivity contribution in [3.63, 3.8) is 0 Å². The number of benzene rings is 2. The van der Waals surface area contributed by atoms with Crippen LogP contribution in [0.1, 0.15) is 46.0 Å². The third kappa shape index (κ3) is 9.77. The first kappa shape index (κ1) is 35.5. The van der Waals surface area contributed by atoms with E-state index >= 15 is 0 Å². The van der Waals surface area contributed by atoms with Gasteiger partial charge in [0.2, 0.25) is 10.4 Å². The summed E-state index contributed by atoms with van der Waals surface area (Å²) in [4.78, 5) is 31.9. The first-order valence-corrected chi connectivity index (χ1v) is 15.6. The average Bonchev–Trinajstić information content (AvgIpc) is 3.44. The summed E-state index contributed by atoms with van der Waals surface area (Å²) < 4.78 is 49.2. The minimum Gasteiger partial charge on any atom is -0.726 e. The van der Waals surface area contributed by atoms with E-state index in [1.54, 1.807) is 13.8 Å². The molecule has 2 N–H and O–H groups in total. The molecule has 4 aromatic rings. The molecule has 2 aromatic heterocycles. The van der Waals surface area contributed by atoms with Crippen LogP contribution in [-0.2, 0) is 37.1 Å². The largest absolute Gasteiger partial charge is 0.726 e. The highest BCUT2D eigenvalue weighted by Gasteiger charge is 2.25. The van der Waals surface area contributed by atoms with Crippen molar-refractivity contribution in [3.05, 3.63) is 58.9 Å². The summed E-state index contributed by atoms with van der Waals surface area (Å²) >= 11 is 0. The summed E-state index contributed by atoms with van der Waals surface area (Å²) in [5.74, 6) is 0.524. The molecule has 0 aliphatic carbocycles. The average molecular weight is 648 g/mol. The van der Waals surface area contributed by atoms with Crippen molar-refractivity contribution < 1.29 is 49.9 Å². The molecule has 0 saturated heterocycles. The van der Waals surface area contributed by atoms with Crippen molar-refractivity contribution in [2.45, 2.75) is 26.9 Å². The zero-order chi connectivity index (χ0) is 33.7. The lowest BCUT2D eigenvalue weighted by atomic mass is 10.1. The van der Waals surface area contributed by atoms with E-state index in [2.05, 4.69) is 56.4 Å². The maximum absolute atomic E-state index is 12.7. The molecule has 0 radical (unpaired) electrons. The molecule has 0 spiro atoms. The molecule has 0 atom stereocenters. The topological polar surface area (TPSA) is 160 Å². The molecule has 0 aliphatic rings. The number of fused-ring (bicyclic) bond motifs is 2. The van der Waals surface area contributed by atoms with Crippen LogP contribution in [0.3, 0.4) is 0 Å². The second-order valence-electron chi connectivity index (χ2n) is 12.4.